The molecule has 0 spiro atoms. The third-order valence-electron chi connectivity index (χ3n) is 2.26. The first-order valence-corrected chi connectivity index (χ1v) is 5.27. The average Bonchev–Trinajstić information content (AvgIpc) is 2.30. The largest absolute Gasteiger partial charge is 0.384 e. The average molecular weight is 243 g/mol. The quantitative estimate of drug-likeness (QED) is 0.858. The summed E-state index contributed by atoms with van der Waals surface area (Å²) < 4.78 is 31.0. The van der Waals surface area contributed by atoms with E-state index >= 15 is 0 Å². The van der Waals surface area contributed by atoms with Crippen LogP contribution < -0.4 is 5.32 Å². The maximum Gasteiger partial charge on any atom is 0.254 e. The monoisotopic (exact) mass is 243 g/mol. The van der Waals surface area contributed by atoms with Crippen molar-refractivity contribution in [3.8, 4) is 0 Å². The van der Waals surface area contributed by atoms with Crippen LogP contribution in [0.4, 0.5) is 8.78 Å². The van der Waals surface area contributed by atoms with Crippen LogP contribution in [0.25, 0.3) is 0 Å². The number of methoxy groups -OCH3 is 1. The predicted molar refractivity (Wildman–Crippen MR) is 59.7 cm³/mol. The summed E-state index contributed by atoms with van der Waals surface area (Å²) in [7, 11) is 1.56. The number of benzene rings is 1. The van der Waals surface area contributed by atoms with Gasteiger partial charge in [0.05, 0.1) is 12.2 Å². The molecule has 3 nitrogen and oxygen atoms in total. The van der Waals surface area contributed by atoms with Gasteiger partial charge in [0.25, 0.3) is 5.91 Å². The van der Waals surface area contributed by atoms with Crippen LogP contribution in [0.1, 0.15) is 17.3 Å². The number of amides is 1. The zero-order chi connectivity index (χ0) is 12.8. The van der Waals surface area contributed by atoms with Crippen LogP contribution in [-0.2, 0) is 4.74 Å². The number of hydrogen-bond acceptors (Lipinski definition) is 2. The summed E-state index contributed by atoms with van der Waals surface area (Å²) in [5, 5.41) is 2.53. The summed E-state index contributed by atoms with van der Waals surface area (Å²) in [6.45, 7) is 2.72. The Morgan fingerprint density at radius 3 is 2.82 bits per heavy atom. The Kier molecular flexibility index (Phi) is 5.03. The SMILES string of the molecule is COCC(C)CNC(=O)c1cccc(F)c1F. The summed E-state index contributed by atoms with van der Waals surface area (Å²) in [4.78, 5) is 11.6. The lowest BCUT2D eigenvalue weighted by atomic mass is 10.1. The number of halogens is 2. The molecule has 17 heavy (non-hydrogen) atoms. The zero-order valence-corrected chi connectivity index (χ0v) is 9.80. The highest BCUT2D eigenvalue weighted by Crippen LogP contribution is 2.11. The van der Waals surface area contributed by atoms with E-state index in [1.54, 1.807) is 7.11 Å². The van der Waals surface area contributed by atoms with Gasteiger partial charge >= 0.3 is 0 Å². The molecule has 1 unspecified atom stereocenters. The van der Waals surface area contributed by atoms with E-state index in [-0.39, 0.29) is 11.5 Å². The molecule has 1 atom stereocenters. The molecule has 0 aromatic heterocycles. The van der Waals surface area contributed by atoms with Gasteiger partial charge in [0.1, 0.15) is 0 Å². The second kappa shape index (κ2) is 6.30. The Morgan fingerprint density at radius 2 is 2.18 bits per heavy atom. The van der Waals surface area contributed by atoms with Gasteiger partial charge in [-0.1, -0.05) is 13.0 Å². The van der Waals surface area contributed by atoms with Gasteiger partial charge in [0.2, 0.25) is 0 Å². The van der Waals surface area contributed by atoms with E-state index in [2.05, 4.69) is 5.32 Å². The Bertz CT molecular complexity index is 396. The predicted octanol–water partition coefficient (Wildman–Crippen LogP) is 1.98. The second-order valence-electron chi connectivity index (χ2n) is 3.87. The lowest BCUT2D eigenvalue weighted by molar-refractivity contribution is 0.0929. The van der Waals surface area contributed by atoms with Crippen molar-refractivity contribution >= 4 is 5.91 Å². The molecular formula is C12H15F2NO2. The van der Waals surface area contributed by atoms with E-state index in [0.29, 0.717) is 13.2 Å². The summed E-state index contributed by atoms with van der Waals surface area (Å²) in [5.74, 6) is -2.66. The van der Waals surface area contributed by atoms with Crippen LogP contribution in [0.5, 0.6) is 0 Å². The van der Waals surface area contributed by atoms with Crippen molar-refractivity contribution < 1.29 is 18.3 Å². The summed E-state index contributed by atoms with van der Waals surface area (Å²) in [5.41, 5.74) is -0.283. The molecule has 0 aliphatic carbocycles. The van der Waals surface area contributed by atoms with E-state index in [1.165, 1.54) is 12.1 Å². The first-order chi connectivity index (χ1) is 8.06. The Hall–Kier alpha value is -1.49. The van der Waals surface area contributed by atoms with Crippen LogP contribution >= 0.6 is 0 Å². The molecule has 0 saturated carbocycles. The normalized spacial score (nSPS) is 12.2. The molecule has 1 amide bonds. The highest BCUT2D eigenvalue weighted by atomic mass is 19.2. The zero-order valence-electron chi connectivity index (χ0n) is 9.80. The number of hydrogen-bond donors (Lipinski definition) is 1. The van der Waals surface area contributed by atoms with Crippen molar-refractivity contribution in [2.75, 3.05) is 20.3 Å². The van der Waals surface area contributed by atoms with Crippen molar-refractivity contribution in [1.29, 1.82) is 0 Å². The molecule has 0 fully saturated rings. The van der Waals surface area contributed by atoms with Crippen molar-refractivity contribution in [2.45, 2.75) is 6.92 Å². The number of nitrogens with one attached hydrogen (secondary N) is 1. The van der Waals surface area contributed by atoms with Crippen molar-refractivity contribution in [1.82, 2.24) is 5.32 Å². The molecule has 5 heteroatoms. The minimum Gasteiger partial charge on any atom is -0.384 e. The third-order valence-corrected chi connectivity index (χ3v) is 2.26. The van der Waals surface area contributed by atoms with Gasteiger partial charge in [-0.05, 0) is 18.1 Å². The fourth-order valence-electron chi connectivity index (χ4n) is 1.38. The van der Waals surface area contributed by atoms with Crippen LogP contribution in [0.2, 0.25) is 0 Å². The highest BCUT2D eigenvalue weighted by Gasteiger charge is 2.15. The molecule has 0 bridgehead atoms. The lowest BCUT2D eigenvalue weighted by Crippen LogP contribution is -2.30. The molecule has 1 rings (SSSR count). The maximum absolute atomic E-state index is 13.3. The van der Waals surface area contributed by atoms with Crippen molar-refractivity contribution in [3.05, 3.63) is 35.4 Å². The van der Waals surface area contributed by atoms with Gasteiger partial charge in [-0.25, -0.2) is 8.78 Å². The van der Waals surface area contributed by atoms with Gasteiger partial charge in [-0.2, -0.15) is 0 Å². The van der Waals surface area contributed by atoms with E-state index in [9.17, 15) is 13.6 Å². The van der Waals surface area contributed by atoms with Crippen LogP contribution in [-0.4, -0.2) is 26.2 Å². The first kappa shape index (κ1) is 13.6. The van der Waals surface area contributed by atoms with Crippen molar-refractivity contribution in [2.24, 2.45) is 5.92 Å². The van der Waals surface area contributed by atoms with E-state index in [1.807, 2.05) is 6.92 Å². The van der Waals surface area contributed by atoms with Gasteiger partial charge < -0.3 is 10.1 Å². The molecule has 0 radical (unpaired) electrons. The van der Waals surface area contributed by atoms with Crippen LogP contribution in [0.15, 0.2) is 18.2 Å². The topological polar surface area (TPSA) is 38.3 Å². The summed E-state index contributed by atoms with van der Waals surface area (Å²) in [6.07, 6.45) is 0. The Morgan fingerprint density at radius 1 is 1.47 bits per heavy atom. The van der Waals surface area contributed by atoms with E-state index in [0.717, 1.165) is 6.07 Å². The fraction of sp³-hybridized carbons (Fsp3) is 0.417. The minimum atomic E-state index is -1.12. The first-order valence-electron chi connectivity index (χ1n) is 5.27. The molecule has 1 aromatic carbocycles. The molecule has 0 heterocycles. The second-order valence-corrected chi connectivity index (χ2v) is 3.87. The van der Waals surface area contributed by atoms with Gasteiger partial charge in [-0.15, -0.1) is 0 Å². The van der Waals surface area contributed by atoms with Crippen molar-refractivity contribution in [3.63, 3.8) is 0 Å². The van der Waals surface area contributed by atoms with Gasteiger partial charge in [0, 0.05) is 13.7 Å². The standard InChI is InChI=1S/C12H15F2NO2/c1-8(7-17-2)6-15-12(16)9-4-3-5-10(13)11(9)14/h3-5,8H,6-7H2,1-2H3,(H,15,16). The Balaban J connectivity index is 2.61. The Labute approximate surface area is 98.8 Å². The highest BCUT2D eigenvalue weighted by molar-refractivity contribution is 5.94. The number of carbonyl (C=O) groups is 1. The molecular weight excluding hydrogens is 228 g/mol. The number of carbonyl (C=O) groups excluding carboxylic acids is 1. The van der Waals surface area contributed by atoms with Gasteiger partial charge in [-0.3, -0.25) is 4.79 Å². The van der Waals surface area contributed by atoms with Crippen LogP contribution in [0.3, 0.4) is 0 Å². The van der Waals surface area contributed by atoms with E-state index < -0.39 is 17.5 Å². The number of ether oxygens (including phenoxy) is 1. The molecule has 0 aliphatic rings. The fourth-order valence-corrected chi connectivity index (χ4v) is 1.38. The lowest BCUT2D eigenvalue weighted by Gasteiger charge is -2.11. The molecule has 0 saturated heterocycles. The summed E-state index contributed by atoms with van der Waals surface area (Å²) >= 11 is 0. The maximum atomic E-state index is 13.3. The van der Waals surface area contributed by atoms with Gasteiger partial charge in [0.15, 0.2) is 11.6 Å². The van der Waals surface area contributed by atoms with E-state index in [4.69, 9.17) is 4.74 Å². The molecule has 94 valence electrons. The molecule has 1 aromatic rings. The third kappa shape index (κ3) is 3.78. The minimum absolute atomic E-state index is 0.112. The number of rotatable bonds is 5. The van der Waals surface area contributed by atoms with Crippen LogP contribution in [0, 0.1) is 17.6 Å². The summed E-state index contributed by atoms with van der Waals surface area (Å²) in [6, 6.07) is 3.51. The smallest absolute Gasteiger partial charge is 0.254 e. The molecule has 0 aliphatic heterocycles. The molecule has 1 N–H and O–H groups in total.